The smallest absolute Gasteiger partial charge is 0.294 e. The third-order valence-corrected chi connectivity index (χ3v) is 3.46. The SMILES string of the molecule is CC(=Nc1cc([N+](=O)[O-])ccc1C)NNc1ccc([N+](=O)[O-])cc1[N+](=O)[O-]. The average Bonchev–Trinajstić information content (AvgIpc) is 2.61. The third kappa shape index (κ3) is 4.72. The summed E-state index contributed by atoms with van der Waals surface area (Å²) in [7, 11) is 0. The Hall–Kier alpha value is -4.09. The van der Waals surface area contributed by atoms with Crippen LogP contribution in [0.3, 0.4) is 0 Å². The van der Waals surface area contributed by atoms with Crippen molar-refractivity contribution in [2.75, 3.05) is 5.43 Å². The van der Waals surface area contributed by atoms with E-state index in [1.165, 1.54) is 18.2 Å². The molecule has 2 N–H and O–H groups in total. The number of hydrogen-bond donors (Lipinski definition) is 2. The van der Waals surface area contributed by atoms with Crippen LogP contribution in [-0.2, 0) is 0 Å². The molecule has 2 rings (SSSR count). The maximum Gasteiger partial charge on any atom is 0.300 e. The summed E-state index contributed by atoms with van der Waals surface area (Å²) in [5, 5.41) is 32.7. The monoisotopic (exact) mass is 374 g/mol. The van der Waals surface area contributed by atoms with Crippen molar-refractivity contribution < 1.29 is 14.8 Å². The number of aryl methyl sites for hydroxylation is 1. The quantitative estimate of drug-likeness (QED) is 0.336. The normalized spacial score (nSPS) is 11.0. The zero-order valence-electron chi connectivity index (χ0n) is 14.2. The molecule has 12 nitrogen and oxygen atoms in total. The van der Waals surface area contributed by atoms with E-state index in [4.69, 9.17) is 0 Å². The highest BCUT2D eigenvalue weighted by atomic mass is 16.6. The first kappa shape index (κ1) is 19.2. The number of hydrogen-bond acceptors (Lipinski definition) is 8. The van der Waals surface area contributed by atoms with Gasteiger partial charge in [0.1, 0.15) is 11.5 Å². The van der Waals surface area contributed by atoms with Gasteiger partial charge in [0.05, 0.1) is 26.5 Å². The Bertz CT molecular complexity index is 958. The van der Waals surface area contributed by atoms with E-state index < -0.39 is 26.1 Å². The van der Waals surface area contributed by atoms with Gasteiger partial charge in [-0.2, -0.15) is 0 Å². The number of amidine groups is 1. The number of non-ortho nitro benzene ring substituents is 2. The van der Waals surface area contributed by atoms with Crippen molar-refractivity contribution in [3.8, 4) is 0 Å². The molecule has 2 aromatic rings. The summed E-state index contributed by atoms with van der Waals surface area (Å²) in [5.41, 5.74) is 5.21. The Labute approximate surface area is 152 Å². The number of rotatable bonds is 6. The fourth-order valence-electron chi connectivity index (χ4n) is 2.09. The molecule has 0 spiro atoms. The van der Waals surface area contributed by atoms with Gasteiger partial charge in [-0.3, -0.25) is 41.2 Å². The van der Waals surface area contributed by atoms with Gasteiger partial charge in [0, 0.05) is 18.2 Å². The van der Waals surface area contributed by atoms with Gasteiger partial charge in [0.2, 0.25) is 0 Å². The van der Waals surface area contributed by atoms with Crippen LogP contribution < -0.4 is 10.9 Å². The molecule has 0 unspecified atom stereocenters. The lowest BCUT2D eigenvalue weighted by molar-refractivity contribution is -0.393. The molecule has 0 fully saturated rings. The van der Waals surface area contributed by atoms with Crippen molar-refractivity contribution in [2.24, 2.45) is 4.99 Å². The maximum absolute atomic E-state index is 11.1. The van der Waals surface area contributed by atoms with E-state index in [-0.39, 0.29) is 17.2 Å². The van der Waals surface area contributed by atoms with Crippen molar-refractivity contribution in [3.63, 3.8) is 0 Å². The second kappa shape index (κ2) is 7.86. The van der Waals surface area contributed by atoms with Crippen LogP contribution in [0.25, 0.3) is 0 Å². The lowest BCUT2D eigenvalue weighted by Crippen LogP contribution is -2.27. The van der Waals surface area contributed by atoms with E-state index >= 15 is 0 Å². The number of nitrogens with one attached hydrogen (secondary N) is 2. The van der Waals surface area contributed by atoms with Gasteiger partial charge in [-0.25, -0.2) is 4.99 Å². The zero-order chi connectivity index (χ0) is 20.1. The molecular weight excluding hydrogens is 360 g/mol. The average molecular weight is 374 g/mol. The van der Waals surface area contributed by atoms with E-state index in [1.807, 2.05) is 0 Å². The second-order valence-corrected chi connectivity index (χ2v) is 5.39. The van der Waals surface area contributed by atoms with Gasteiger partial charge < -0.3 is 0 Å². The van der Waals surface area contributed by atoms with Crippen LogP contribution in [0.1, 0.15) is 12.5 Å². The molecule has 0 aliphatic heterocycles. The van der Waals surface area contributed by atoms with Gasteiger partial charge in [0.25, 0.3) is 11.4 Å². The van der Waals surface area contributed by atoms with Crippen molar-refractivity contribution in [1.82, 2.24) is 5.43 Å². The number of benzene rings is 2. The fraction of sp³-hybridized carbons (Fsp3) is 0.133. The van der Waals surface area contributed by atoms with Gasteiger partial charge in [-0.05, 0) is 25.5 Å². The molecule has 2 aromatic carbocycles. The predicted octanol–water partition coefficient (Wildman–Crippen LogP) is 3.39. The van der Waals surface area contributed by atoms with E-state index in [1.54, 1.807) is 19.9 Å². The first-order valence-electron chi connectivity index (χ1n) is 7.44. The third-order valence-electron chi connectivity index (χ3n) is 3.46. The van der Waals surface area contributed by atoms with Gasteiger partial charge >= 0.3 is 5.69 Å². The van der Waals surface area contributed by atoms with Crippen LogP contribution in [0.4, 0.5) is 28.4 Å². The first-order valence-corrected chi connectivity index (χ1v) is 7.44. The Morgan fingerprint density at radius 3 is 2.11 bits per heavy atom. The summed E-state index contributed by atoms with van der Waals surface area (Å²) in [6.45, 7) is 3.27. The van der Waals surface area contributed by atoms with Crippen molar-refractivity contribution >= 4 is 34.3 Å². The molecule has 0 aliphatic carbocycles. The highest BCUT2D eigenvalue weighted by Crippen LogP contribution is 2.28. The van der Waals surface area contributed by atoms with Crippen LogP contribution in [0.2, 0.25) is 0 Å². The molecule has 0 heterocycles. The van der Waals surface area contributed by atoms with Crippen molar-refractivity contribution in [3.05, 3.63) is 72.3 Å². The fourth-order valence-corrected chi connectivity index (χ4v) is 2.09. The van der Waals surface area contributed by atoms with E-state index in [0.717, 1.165) is 12.1 Å². The first-order chi connectivity index (χ1) is 12.7. The van der Waals surface area contributed by atoms with Crippen molar-refractivity contribution in [1.29, 1.82) is 0 Å². The summed E-state index contributed by atoms with van der Waals surface area (Å²) in [5.74, 6) is 0.270. The second-order valence-electron chi connectivity index (χ2n) is 5.39. The predicted molar refractivity (Wildman–Crippen MR) is 97.1 cm³/mol. The minimum atomic E-state index is -0.756. The molecule has 0 saturated heterocycles. The number of nitro groups is 3. The van der Waals surface area contributed by atoms with E-state index in [2.05, 4.69) is 15.8 Å². The summed E-state index contributed by atoms with van der Waals surface area (Å²) in [6.07, 6.45) is 0. The Kier molecular flexibility index (Phi) is 5.60. The Morgan fingerprint density at radius 1 is 0.926 bits per heavy atom. The molecule has 0 radical (unpaired) electrons. The molecular formula is C15H14N6O6. The number of nitrogens with zero attached hydrogens (tertiary/aromatic N) is 4. The largest absolute Gasteiger partial charge is 0.300 e. The number of hydrazine groups is 1. The molecule has 140 valence electrons. The molecule has 0 atom stereocenters. The highest BCUT2D eigenvalue weighted by Gasteiger charge is 2.19. The van der Waals surface area contributed by atoms with Gasteiger partial charge in [-0.15, -0.1) is 0 Å². The maximum atomic E-state index is 11.1. The van der Waals surface area contributed by atoms with Crippen LogP contribution in [-0.4, -0.2) is 20.6 Å². The topological polar surface area (TPSA) is 166 Å². The number of aliphatic imine (C=N–C) groups is 1. The molecule has 0 aliphatic rings. The minimum Gasteiger partial charge on any atom is -0.294 e. The Balaban J connectivity index is 2.23. The van der Waals surface area contributed by atoms with Crippen LogP contribution in [0.5, 0.6) is 0 Å². The van der Waals surface area contributed by atoms with Gasteiger partial charge in [0.15, 0.2) is 0 Å². The summed E-state index contributed by atoms with van der Waals surface area (Å²) >= 11 is 0. The molecule has 0 aromatic heterocycles. The number of anilines is 1. The molecule has 0 saturated carbocycles. The summed E-state index contributed by atoms with van der Waals surface area (Å²) < 4.78 is 0. The zero-order valence-corrected chi connectivity index (χ0v) is 14.2. The van der Waals surface area contributed by atoms with E-state index in [0.29, 0.717) is 11.3 Å². The van der Waals surface area contributed by atoms with E-state index in [9.17, 15) is 30.3 Å². The Morgan fingerprint density at radius 2 is 1.52 bits per heavy atom. The van der Waals surface area contributed by atoms with Crippen LogP contribution >= 0.6 is 0 Å². The van der Waals surface area contributed by atoms with Crippen LogP contribution in [0.15, 0.2) is 41.4 Å². The summed E-state index contributed by atoms with van der Waals surface area (Å²) in [6, 6.07) is 7.35. The molecule has 12 heteroatoms. The molecule has 0 amide bonds. The number of nitro benzene ring substituents is 3. The standard InChI is InChI=1S/C15H14N6O6/c1-9-3-4-11(19(22)23)7-14(9)16-10(2)17-18-13-6-5-12(20(24)25)8-15(13)21(26)27/h3-8,18H,1-2H3,(H,16,17). The van der Waals surface area contributed by atoms with Gasteiger partial charge in [-0.1, -0.05) is 6.07 Å². The highest BCUT2D eigenvalue weighted by molar-refractivity contribution is 5.84. The lowest BCUT2D eigenvalue weighted by atomic mass is 10.2. The molecule has 27 heavy (non-hydrogen) atoms. The lowest BCUT2D eigenvalue weighted by Gasteiger charge is -2.10. The van der Waals surface area contributed by atoms with Crippen molar-refractivity contribution in [2.45, 2.75) is 13.8 Å². The minimum absolute atomic E-state index is 0.00378. The summed E-state index contributed by atoms with van der Waals surface area (Å²) in [4.78, 5) is 34.9. The molecule has 0 bridgehead atoms. The van der Waals surface area contributed by atoms with Crippen LogP contribution in [0, 0.1) is 37.3 Å².